The van der Waals surface area contributed by atoms with Crippen molar-refractivity contribution in [2.75, 3.05) is 32.7 Å². The van der Waals surface area contributed by atoms with Crippen molar-refractivity contribution in [3.05, 3.63) is 71.8 Å². The summed E-state index contributed by atoms with van der Waals surface area (Å²) in [4.78, 5) is 19.2. The molecular formula is C24H34IN5O. The van der Waals surface area contributed by atoms with Gasteiger partial charge >= 0.3 is 0 Å². The molecule has 3 rings (SSSR count). The normalized spacial score (nSPS) is 15.1. The first kappa shape index (κ1) is 25.1. The minimum Gasteiger partial charge on any atom is -0.357 e. The number of nitrogens with one attached hydrogen (secondary N) is 3. The predicted molar refractivity (Wildman–Crippen MR) is 138 cm³/mol. The maximum Gasteiger partial charge on any atom is 0.251 e. The molecule has 6 nitrogen and oxygen atoms in total. The van der Waals surface area contributed by atoms with Gasteiger partial charge in [0, 0.05) is 44.3 Å². The lowest BCUT2D eigenvalue weighted by molar-refractivity contribution is 0.0955. The number of amides is 1. The third-order valence-corrected chi connectivity index (χ3v) is 5.22. The molecule has 1 saturated heterocycles. The molecule has 0 atom stereocenters. The summed E-state index contributed by atoms with van der Waals surface area (Å²) in [5, 5.41) is 9.79. The average molecular weight is 535 g/mol. The number of hydrogen-bond acceptors (Lipinski definition) is 3. The highest BCUT2D eigenvalue weighted by Gasteiger charge is 2.20. The number of nitrogens with zero attached hydrogens (tertiary/aromatic N) is 2. The molecule has 1 aliphatic rings. The number of piperidine rings is 1. The van der Waals surface area contributed by atoms with E-state index in [1.165, 1.54) is 5.56 Å². The maximum absolute atomic E-state index is 12.1. The fraction of sp³-hybridized carbons (Fsp3) is 0.417. The Labute approximate surface area is 202 Å². The first-order valence-electron chi connectivity index (χ1n) is 10.9. The molecule has 1 fully saturated rings. The Hall–Kier alpha value is -2.13. The number of aliphatic imine (C=N–C) groups is 1. The predicted octanol–water partition coefficient (Wildman–Crippen LogP) is 3.25. The zero-order chi connectivity index (χ0) is 21.0. The number of likely N-dealkylation sites (tertiary alicyclic amines) is 1. The molecule has 1 heterocycles. The van der Waals surface area contributed by atoms with E-state index in [9.17, 15) is 4.79 Å². The van der Waals surface area contributed by atoms with Crippen molar-refractivity contribution in [1.82, 2.24) is 20.9 Å². The highest BCUT2D eigenvalue weighted by Crippen LogP contribution is 2.13. The van der Waals surface area contributed by atoms with E-state index in [-0.39, 0.29) is 29.9 Å². The van der Waals surface area contributed by atoms with Gasteiger partial charge < -0.3 is 16.0 Å². The van der Waals surface area contributed by atoms with E-state index in [2.05, 4.69) is 63.1 Å². The molecule has 2 aromatic carbocycles. The van der Waals surface area contributed by atoms with Crippen molar-refractivity contribution >= 4 is 35.8 Å². The lowest BCUT2D eigenvalue weighted by Gasteiger charge is -2.33. The smallest absolute Gasteiger partial charge is 0.251 e. The second-order valence-electron chi connectivity index (χ2n) is 7.56. The van der Waals surface area contributed by atoms with Crippen LogP contribution in [0.25, 0.3) is 0 Å². The highest BCUT2D eigenvalue weighted by molar-refractivity contribution is 14.0. The summed E-state index contributed by atoms with van der Waals surface area (Å²) in [7, 11) is 0. The molecule has 0 saturated carbocycles. The van der Waals surface area contributed by atoms with E-state index in [4.69, 9.17) is 0 Å². The van der Waals surface area contributed by atoms with Gasteiger partial charge in [-0.2, -0.15) is 0 Å². The minimum absolute atomic E-state index is 0. The van der Waals surface area contributed by atoms with Crippen molar-refractivity contribution < 1.29 is 4.79 Å². The van der Waals surface area contributed by atoms with Crippen LogP contribution in [0.1, 0.15) is 35.7 Å². The fourth-order valence-corrected chi connectivity index (χ4v) is 3.62. The Bertz CT molecular complexity index is 792. The molecule has 0 aromatic heterocycles. The lowest BCUT2D eigenvalue weighted by atomic mass is 10.0. The van der Waals surface area contributed by atoms with Crippen molar-refractivity contribution in [3.63, 3.8) is 0 Å². The summed E-state index contributed by atoms with van der Waals surface area (Å²) in [5.74, 6) is 0.766. The Morgan fingerprint density at radius 3 is 2.29 bits per heavy atom. The number of benzene rings is 2. The number of halogens is 1. The zero-order valence-electron chi connectivity index (χ0n) is 18.2. The molecule has 31 heavy (non-hydrogen) atoms. The molecule has 2 aromatic rings. The number of carbonyl (C=O) groups is 1. The van der Waals surface area contributed by atoms with Gasteiger partial charge in [0.25, 0.3) is 5.91 Å². The molecule has 168 valence electrons. The number of guanidine groups is 1. The summed E-state index contributed by atoms with van der Waals surface area (Å²) >= 11 is 0. The molecule has 7 heteroatoms. The van der Waals surface area contributed by atoms with Gasteiger partial charge in [-0.05, 0) is 37.5 Å². The first-order valence-corrected chi connectivity index (χ1v) is 10.9. The summed E-state index contributed by atoms with van der Waals surface area (Å²) in [5.41, 5.74) is 2.05. The van der Waals surface area contributed by atoms with E-state index in [0.29, 0.717) is 24.7 Å². The van der Waals surface area contributed by atoms with Gasteiger partial charge in [-0.15, -0.1) is 24.0 Å². The molecule has 0 unspecified atom stereocenters. The molecule has 1 aliphatic heterocycles. The van der Waals surface area contributed by atoms with Crippen LogP contribution in [-0.2, 0) is 6.54 Å². The van der Waals surface area contributed by atoms with Crippen LogP contribution in [0.5, 0.6) is 0 Å². The van der Waals surface area contributed by atoms with E-state index >= 15 is 0 Å². The Kier molecular flexibility index (Phi) is 11.4. The third-order valence-electron chi connectivity index (χ3n) is 5.22. The van der Waals surface area contributed by atoms with Crippen LogP contribution in [0.2, 0.25) is 0 Å². The molecule has 0 bridgehead atoms. The van der Waals surface area contributed by atoms with Crippen LogP contribution in [0.3, 0.4) is 0 Å². The van der Waals surface area contributed by atoms with Crippen LogP contribution in [0, 0.1) is 0 Å². The van der Waals surface area contributed by atoms with E-state index in [0.717, 1.165) is 45.0 Å². The maximum atomic E-state index is 12.1. The molecule has 0 radical (unpaired) electrons. The van der Waals surface area contributed by atoms with Gasteiger partial charge in [0.05, 0.1) is 6.54 Å². The summed E-state index contributed by atoms with van der Waals surface area (Å²) < 4.78 is 0. The second kappa shape index (κ2) is 14.0. The van der Waals surface area contributed by atoms with Crippen molar-refractivity contribution in [3.8, 4) is 0 Å². The van der Waals surface area contributed by atoms with E-state index in [1.807, 2.05) is 30.3 Å². The Balaban J connectivity index is 0.00000341. The zero-order valence-corrected chi connectivity index (χ0v) is 20.5. The second-order valence-corrected chi connectivity index (χ2v) is 7.56. The van der Waals surface area contributed by atoms with Crippen LogP contribution >= 0.6 is 24.0 Å². The van der Waals surface area contributed by atoms with Crippen LogP contribution < -0.4 is 16.0 Å². The molecular weight excluding hydrogens is 501 g/mol. The van der Waals surface area contributed by atoms with Gasteiger partial charge in [-0.3, -0.25) is 14.7 Å². The third kappa shape index (κ3) is 8.86. The largest absolute Gasteiger partial charge is 0.357 e. The topological polar surface area (TPSA) is 68.8 Å². The SMILES string of the molecule is CCNC(=NCCNC(=O)c1ccccc1)NC1CCN(Cc2ccccc2)CC1.I. The Morgan fingerprint density at radius 1 is 1.00 bits per heavy atom. The number of carbonyl (C=O) groups excluding carboxylic acids is 1. The summed E-state index contributed by atoms with van der Waals surface area (Å²) in [6.07, 6.45) is 2.20. The standard InChI is InChI=1S/C24H33N5O.HI/c1-2-25-24(27-16-15-26-23(30)21-11-7-4-8-12-21)28-22-13-17-29(18-14-22)19-20-9-5-3-6-10-20;/h3-12,22H,2,13-19H2,1H3,(H,26,30)(H2,25,27,28);1H. The van der Waals surface area contributed by atoms with Crippen LogP contribution in [-0.4, -0.2) is 55.5 Å². The van der Waals surface area contributed by atoms with Gasteiger partial charge in [-0.25, -0.2) is 0 Å². The molecule has 0 spiro atoms. The summed E-state index contributed by atoms with van der Waals surface area (Å²) in [6, 6.07) is 20.3. The average Bonchev–Trinajstić information content (AvgIpc) is 2.79. The Morgan fingerprint density at radius 2 is 1.65 bits per heavy atom. The van der Waals surface area contributed by atoms with Gasteiger partial charge in [-0.1, -0.05) is 48.5 Å². The van der Waals surface area contributed by atoms with Crippen molar-refractivity contribution in [1.29, 1.82) is 0 Å². The number of rotatable bonds is 8. The van der Waals surface area contributed by atoms with Crippen molar-refractivity contribution in [2.24, 2.45) is 4.99 Å². The van der Waals surface area contributed by atoms with E-state index in [1.54, 1.807) is 0 Å². The van der Waals surface area contributed by atoms with Gasteiger partial charge in [0.15, 0.2) is 5.96 Å². The molecule has 3 N–H and O–H groups in total. The fourth-order valence-electron chi connectivity index (χ4n) is 3.62. The highest BCUT2D eigenvalue weighted by atomic mass is 127. The van der Waals surface area contributed by atoms with Gasteiger partial charge in [0.2, 0.25) is 0 Å². The first-order chi connectivity index (χ1) is 14.7. The van der Waals surface area contributed by atoms with Gasteiger partial charge in [0.1, 0.15) is 0 Å². The molecule has 0 aliphatic carbocycles. The number of hydrogen-bond donors (Lipinski definition) is 3. The quantitative estimate of drug-likeness (QED) is 0.210. The minimum atomic E-state index is -0.0606. The van der Waals surface area contributed by atoms with Crippen molar-refractivity contribution in [2.45, 2.75) is 32.4 Å². The monoisotopic (exact) mass is 535 g/mol. The van der Waals surface area contributed by atoms with E-state index < -0.39 is 0 Å². The lowest BCUT2D eigenvalue weighted by Crippen LogP contribution is -2.48. The van der Waals surface area contributed by atoms with Crippen LogP contribution in [0.15, 0.2) is 65.7 Å². The summed E-state index contributed by atoms with van der Waals surface area (Å²) in [6.45, 7) is 7.12. The molecule has 1 amide bonds. The van der Waals surface area contributed by atoms with Crippen LogP contribution in [0.4, 0.5) is 0 Å².